The standard InChI is InChI=1S/C24H20N6O4/c1-30-19-12-17-18(26-10-9-25-17)13-20(19)33-14-15(11-22(30)31)28-24(32)23-27-8-7-21(29-23)34-16-5-3-2-4-6-16/h2-10,12-13,15H,11,14H2,1H3,(H,28,32)/t15-/m1/s1. The lowest BCUT2D eigenvalue weighted by Crippen LogP contribution is -2.45. The third-order valence-electron chi connectivity index (χ3n) is 5.28. The van der Waals surface area contributed by atoms with E-state index >= 15 is 0 Å². The number of hydrogen-bond acceptors (Lipinski definition) is 8. The zero-order valence-corrected chi connectivity index (χ0v) is 18.2. The first-order chi connectivity index (χ1) is 16.6. The van der Waals surface area contributed by atoms with Crippen molar-refractivity contribution in [1.82, 2.24) is 25.3 Å². The fourth-order valence-corrected chi connectivity index (χ4v) is 3.55. The summed E-state index contributed by atoms with van der Waals surface area (Å²) in [5.74, 6) is 0.520. The Morgan fingerprint density at radius 3 is 2.62 bits per heavy atom. The number of rotatable bonds is 4. The Morgan fingerprint density at radius 1 is 1.06 bits per heavy atom. The van der Waals surface area contributed by atoms with E-state index in [1.165, 1.54) is 11.1 Å². The van der Waals surface area contributed by atoms with Crippen molar-refractivity contribution in [2.24, 2.45) is 0 Å². The van der Waals surface area contributed by atoms with Gasteiger partial charge in [-0.05, 0) is 18.2 Å². The van der Waals surface area contributed by atoms with E-state index in [1.807, 2.05) is 18.2 Å². The quantitative estimate of drug-likeness (QED) is 0.498. The molecule has 0 bridgehead atoms. The second kappa shape index (κ2) is 9.10. The number of benzene rings is 2. The number of carbonyl (C=O) groups is 2. The molecule has 1 aliphatic heterocycles. The Labute approximate surface area is 194 Å². The summed E-state index contributed by atoms with van der Waals surface area (Å²) in [4.78, 5) is 44.0. The molecule has 0 fully saturated rings. The zero-order valence-electron chi connectivity index (χ0n) is 18.2. The monoisotopic (exact) mass is 456 g/mol. The number of nitrogens with zero attached hydrogens (tertiary/aromatic N) is 5. The summed E-state index contributed by atoms with van der Waals surface area (Å²) < 4.78 is 11.6. The van der Waals surface area contributed by atoms with E-state index in [0.29, 0.717) is 28.2 Å². The average molecular weight is 456 g/mol. The Morgan fingerprint density at radius 2 is 1.82 bits per heavy atom. The van der Waals surface area contributed by atoms with Crippen LogP contribution >= 0.6 is 0 Å². The summed E-state index contributed by atoms with van der Waals surface area (Å²) in [5, 5.41) is 2.79. The summed E-state index contributed by atoms with van der Waals surface area (Å²) in [6.07, 6.45) is 4.66. The molecule has 4 aromatic rings. The van der Waals surface area contributed by atoms with Gasteiger partial charge in [0.2, 0.25) is 17.6 Å². The number of nitrogens with one attached hydrogen (secondary N) is 1. The van der Waals surface area contributed by atoms with Crippen molar-refractivity contribution in [2.75, 3.05) is 18.6 Å². The van der Waals surface area contributed by atoms with Crippen molar-refractivity contribution in [1.29, 1.82) is 0 Å². The topological polar surface area (TPSA) is 119 Å². The highest BCUT2D eigenvalue weighted by atomic mass is 16.5. The lowest BCUT2D eigenvalue weighted by Gasteiger charge is -2.28. The van der Waals surface area contributed by atoms with Crippen molar-refractivity contribution in [3.63, 3.8) is 0 Å². The van der Waals surface area contributed by atoms with E-state index in [1.54, 1.807) is 49.8 Å². The molecular formula is C24H20N6O4. The van der Waals surface area contributed by atoms with Crippen LogP contribution in [-0.2, 0) is 4.79 Å². The first-order valence-electron chi connectivity index (χ1n) is 10.6. The van der Waals surface area contributed by atoms with Crippen LogP contribution in [-0.4, -0.2) is 51.4 Å². The molecule has 10 nitrogen and oxygen atoms in total. The van der Waals surface area contributed by atoms with Gasteiger partial charge in [0, 0.05) is 37.8 Å². The number of aromatic nitrogens is 4. The summed E-state index contributed by atoms with van der Waals surface area (Å²) in [7, 11) is 1.66. The molecule has 1 N–H and O–H groups in total. The van der Waals surface area contributed by atoms with Gasteiger partial charge in [-0.15, -0.1) is 0 Å². The maximum Gasteiger partial charge on any atom is 0.289 e. The van der Waals surface area contributed by atoms with Crippen molar-refractivity contribution >= 4 is 28.5 Å². The minimum Gasteiger partial charge on any atom is -0.489 e. The predicted molar refractivity (Wildman–Crippen MR) is 123 cm³/mol. The van der Waals surface area contributed by atoms with Gasteiger partial charge in [0.15, 0.2) is 0 Å². The van der Waals surface area contributed by atoms with Gasteiger partial charge < -0.3 is 19.7 Å². The summed E-state index contributed by atoms with van der Waals surface area (Å²) in [5.41, 5.74) is 1.90. The minimum atomic E-state index is -0.588. The van der Waals surface area contributed by atoms with Gasteiger partial charge in [-0.1, -0.05) is 18.2 Å². The molecule has 2 amide bonds. The largest absolute Gasteiger partial charge is 0.489 e. The van der Waals surface area contributed by atoms with Crippen molar-refractivity contribution < 1.29 is 19.1 Å². The van der Waals surface area contributed by atoms with Crippen LogP contribution < -0.4 is 19.7 Å². The molecule has 1 atom stereocenters. The number of ether oxygens (including phenoxy) is 2. The van der Waals surface area contributed by atoms with Crippen LogP contribution in [0.1, 0.15) is 17.0 Å². The second-order valence-electron chi connectivity index (χ2n) is 7.64. The van der Waals surface area contributed by atoms with E-state index in [-0.39, 0.29) is 30.6 Å². The summed E-state index contributed by atoms with van der Waals surface area (Å²) in [6.45, 7) is 0.0876. The van der Waals surface area contributed by atoms with Gasteiger partial charge in [-0.2, -0.15) is 4.98 Å². The third-order valence-corrected chi connectivity index (χ3v) is 5.28. The predicted octanol–water partition coefficient (Wildman–Crippen LogP) is 2.76. The van der Waals surface area contributed by atoms with Gasteiger partial charge in [-0.25, -0.2) is 4.98 Å². The van der Waals surface area contributed by atoms with E-state index in [0.717, 1.165) is 0 Å². The maximum atomic E-state index is 12.9. The van der Waals surface area contributed by atoms with Crippen molar-refractivity contribution in [2.45, 2.75) is 12.5 Å². The van der Waals surface area contributed by atoms with Gasteiger partial charge in [0.25, 0.3) is 5.91 Å². The molecule has 0 spiro atoms. The summed E-state index contributed by atoms with van der Waals surface area (Å²) >= 11 is 0. The summed E-state index contributed by atoms with van der Waals surface area (Å²) in [6, 6.07) is 13.6. The zero-order chi connectivity index (χ0) is 23.5. The van der Waals surface area contributed by atoms with Crippen LogP contribution in [0.15, 0.2) is 67.1 Å². The smallest absolute Gasteiger partial charge is 0.289 e. The number of fused-ring (bicyclic) bond motifs is 2. The van der Waals surface area contributed by atoms with E-state index in [4.69, 9.17) is 9.47 Å². The highest BCUT2D eigenvalue weighted by Gasteiger charge is 2.27. The number of carbonyl (C=O) groups excluding carboxylic acids is 2. The second-order valence-corrected chi connectivity index (χ2v) is 7.64. The lowest BCUT2D eigenvalue weighted by atomic mass is 10.1. The first kappa shape index (κ1) is 21.3. The van der Waals surface area contributed by atoms with E-state index in [9.17, 15) is 9.59 Å². The molecule has 0 unspecified atom stereocenters. The minimum absolute atomic E-state index is 0.0421. The number of amides is 2. The van der Waals surface area contributed by atoms with Crippen LogP contribution in [0.3, 0.4) is 0 Å². The van der Waals surface area contributed by atoms with Gasteiger partial charge in [0.1, 0.15) is 18.1 Å². The highest BCUT2D eigenvalue weighted by molar-refractivity contribution is 5.98. The fraction of sp³-hybridized carbons (Fsp3) is 0.167. The molecule has 170 valence electrons. The maximum absolute atomic E-state index is 12.9. The van der Waals surface area contributed by atoms with E-state index in [2.05, 4.69) is 25.3 Å². The first-order valence-corrected chi connectivity index (χ1v) is 10.6. The van der Waals surface area contributed by atoms with Crippen molar-refractivity contribution in [3.05, 3.63) is 72.9 Å². The fourth-order valence-electron chi connectivity index (χ4n) is 3.55. The molecule has 2 aromatic heterocycles. The molecule has 34 heavy (non-hydrogen) atoms. The number of para-hydroxylation sites is 1. The molecule has 10 heteroatoms. The van der Waals surface area contributed by atoms with Crippen LogP contribution in [0.5, 0.6) is 17.4 Å². The van der Waals surface area contributed by atoms with E-state index < -0.39 is 11.9 Å². The molecule has 3 heterocycles. The Kier molecular flexibility index (Phi) is 5.69. The molecular weight excluding hydrogens is 436 g/mol. The normalized spacial score (nSPS) is 15.6. The highest BCUT2D eigenvalue weighted by Crippen LogP contribution is 2.33. The lowest BCUT2D eigenvalue weighted by molar-refractivity contribution is -0.119. The number of anilines is 1. The van der Waals surface area contributed by atoms with Crippen molar-refractivity contribution in [3.8, 4) is 17.4 Å². The molecule has 0 saturated carbocycles. The SMILES string of the molecule is CN1C(=O)C[C@@H](NC(=O)c2nccc(Oc3ccccc3)n2)COc2cc3nccnc3cc21. The molecule has 0 saturated heterocycles. The van der Waals surface area contributed by atoms with Gasteiger partial charge >= 0.3 is 0 Å². The van der Waals surface area contributed by atoms with Crippen LogP contribution in [0.25, 0.3) is 11.0 Å². The van der Waals surface area contributed by atoms with Gasteiger partial charge in [-0.3, -0.25) is 19.6 Å². The van der Waals surface area contributed by atoms with Crippen LogP contribution in [0.4, 0.5) is 5.69 Å². The molecule has 0 aliphatic carbocycles. The van der Waals surface area contributed by atoms with Crippen LogP contribution in [0.2, 0.25) is 0 Å². The Hall–Kier alpha value is -4.60. The Balaban J connectivity index is 1.32. The molecule has 0 radical (unpaired) electrons. The third kappa shape index (κ3) is 4.46. The number of hydrogen-bond donors (Lipinski definition) is 1. The molecule has 5 rings (SSSR count). The van der Waals surface area contributed by atoms with Crippen LogP contribution in [0, 0.1) is 0 Å². The molecule has 1 aliphatic rings. The molecule has 2 aromatic carbocycles. The average Bonchev–Trinajstić information content (AvgIpc) is 2.86. The van der Waals surface area contributed by atoms with Gasteiger partial charge in [0.05, 0.1) is 29.2 Å². The Bertz CT molecular complexity index is 1360.